The number of hydrogen-bond donors (Lipinski definition) is 3. The number of amides is 2. The monoisotopic (exact) mass is 298 g/mol. The summed E-state index contributed by atoms with van der Waals surface area (Å²) in [7, 11) is 0. The van der Waals surface area contributed by atoms with Gasteiger partial charge in [0, 0.05) is 23.9 Å². The van der Waals surface area contributed by atoms with Crippen LogP contribution in [0.5, 0.6) is 0 Å². The average Bonchev–Trinajstić information content (AvgIpc) is 2.38. The summed E-state index contributed by atoms with van der Waals surface area (Å²) in [6, 6.07) is 6.48. The number of aliphatic hydroxyl groups excluding tert-OH is 1. The molecule has 6 heteroatoms. The zero-order valence-corrected chi connectivity index (χ0v) is 12.3. The van der Waals surface area contributed by atoms with Crippen LogP contribution in [0.4, 0.5) is 5.69 Å². The molecule has 0 fully saturated rings. The van der Waals surface area contributed by atoms with Crippen LogP contribution in [0, 0.1) is 5.41 Å². The summed E-state index contributed by atoms with van der Waals surface area (Å²) in [6.07, 6.45) is 0.548. The Morgan fingerprint density at radius 1 is 1.20 bits per heavy atom. The second-order valence-corrected chi connectivity index (χ2v) is 5.72. The van der Waals surface area contributed by atoms with Crippen LogP contribution in [-0.4, -0.2) is 30.1 Å². The number of anilines is 1. The van der Waals surface area contributed by atoms with Crippen LogP contribution in [0.3, 0.4) is 0 Å². The third kappa shape index (κ3) is 5.59. The summed E-state index contributed by atoms with van der Waals surface area (Å²) in [5.74, 6) is -1.43. The van der Waals surface area contributed by atoms with E-state index in [1.165, 1.54) is 0 Å². The highest BCUT2D eigenvalue weighted by Crippen LogP contribution is 2.18. The van der Waals surface area contributed by atoms with Crippen molar-refractivity contribution in [1.82, 2.24) is 5.32 Å². The standard InChI is InChI=1S/C14H19ClN2O3/c1-14(2,7-8-18)9-16-12(19)13(20)17-11-5-3-10(15)4-6-11/h3-6,18H,7-9H2,1-2H3,(H,16,19)(H,17,20). The summed E-state index contributed by atoms with van der Waals surface area (Å²) in [6.45, 7) is 4.17. The number of halogens is 1. The lowest BCUT2D eigenvalue weighted by Crippen LogP contribution is -2.40. The number of benzene rings is 1. The Balaban J connectivity index is 2.47. The summed E-state index contributed by atoms with van der Waals surface area (Å²) in [5.41, 5.74) is 0.245. The van der Waals surface area contributed by atoms with E-state index in [1.54, 1.807) is 24.3 Å². The first-order valence-corrected chi connectivity index (χ1v) is 6.67. The molecule has 2 amide bonds. The first-order valence-electron chi connectivity index (χ1n) is 6.30. The molecule has 1 aromatic rings. The van der Waals surface area contributed by atoms with E-state index >= 15 is 0 Å². The average molecular weight is 299 g/mol. The second kappa shape index (κ2) is 7.26. The Bertz CT molecular complexity index is 472. The predicted octanol–water partition coefficient (Wildman–Crippen LogP) is 1.80. The summed E-state index contributed by atoms with van der Waals surface area (Å²) in [5, 5.41) is 14.5. The van der Waals surface area contributed by atoms with Crippen molar-refractivity contribution in [3.8, 4) is 0 Å². The van der Waals surface area contributed by atoms with Crippen LogP contribution >= 0.6 is 11.6 Å². The maximum atomic E-state index is 11.7. The number of nitrogens with one attached hydrogen (secondary N) is 2. The molecule has 0 aliphatic rings. The molecule has 110 valence electrons. The minimum absolute atomic E-state index is 0.0415. The maximum Gasteiger partial charge on any atom is 0.313 e. The van der Waals surface area contributed by atoms with Crippen molar-refractivity contribution in [2.45, 2.75) is 20.3 Å². The second-order valence-electron chi connectivity index (χ2n) is 5.28. The SMILES string of the molecule is CC(C)(CCO)CNC(=O)C(=O)Nc1ccc(Cl)cc1. The lowest BCUT2D eigenvalue weighted by Gasteiger charge is -2.23. The van der Waals surface area contributed by atoms with Crippen LogP contribution in [0.1, 0.15) is 20.3 Å². The van der Waals surface area contributed by atoms with Crippen LogP contribution in [-0.2, 0) is 9.59 Å². The van der Waals surface area contributed by atoms with E-state index in [0.29, 0.717) is 23.7 Å². The molecule has 0 aromatic heterocycles. The molecule has 3 N–H and O–H groups in total. The van der Waals surface area contributed by atoms with Crippen molar-refractivity contribution in [3.63, 3.8) is 0 Å². The van der Waals surface area contributed by atoms with Gasteiger partial charge >= 0.3 is 11.8 Å². The number of rotatable bonds is 5. The number of aliphatic hydroxyl groups is 1. The molecule has 0 heterocycles. The third-order valence-corrected chi connectivity index (χ3v) is 3.08. The minimum atomic E-state index is -0.730. The Labute approximate surface area is 123 Å². The Morgan fingerprint density at radius 2 is 1.80 bits per heavy atom. The van der Waals surface area contributed by atoms with E-state index in [-0.39, 0.29) is 12.0 Å². The molecule has 0 spiro atoms. The van der Waals surface area contributed by atoms with Crippen molar-refractivity contribution in [2.24, 2.45) is 5.41 Å². The zero-order valence-electron chi connectivity index (χ0n) is 11.6. The highest BCUT2D eigenvalue weighted by Gasteiger charge is 2.20. The third-order valence-electron chi connectivity index (χ3n) is 2.82. The quantitative estimate of drug-likeness (QED) is 0.725. The molecule has 0 radical (unpaired) electrons. The molecule has 0 aliphatic carbocycles. The van der Waals surface area contributed by atoms with Gasteiger partial charge in [0.1, 0.15) is 0 Å². The van der Waals surface area contributed by atoms with Gasteiger partial charge in [0.05, 0.1) is 0 Å². The van der Waals surface area contributed by atoms with Crippen molar-refractivity contribution >= 4 is 29.1 Å². The summed E-state index contributed by atoms with van der Waals surface area (Å²) in [4.78, 5) is 23.3. The molecule has 0 atom stereocenters. The first kappa shape index (κ1) is 16.5. The van der Waals surface area contributed by atoms with Gasteiger partial charge in [0.15, 0.2) is 0 Å². The highest BCUT2D eigenvalue weighted by atomic mass is 35.5. The fraction of sp³-hybridized carbons (Fsp3) is 0.429. The van der Waals surface area contributed by atoms with Crippen molar-refractivity contribution in [1.29, 1.82) is 0 Å². The van der Waals surface area contributed by atoms with E-state index < -0.39 is 11.8 Å². The molecule has 1 aromatic carbocycles. The Hall–Kier alpha value is -1.59. The Morgan fingerprint density at radius 3 is 2.35 bits per heavy atom. The lowest BCUT2D eigenvalue weighted by molar-refractivity contribution is -0.136. The summed E-state index contributed by atoms with van der Waals surface area (Å²) < 4.78 is 0. The topological polar surface area (TPSA) is 78.4 Å². The van der Waals surface area contributed by atoms with E-state index in [1.807, 2.05) is 13.8 Å². The van der Waals surface area contributed by atoms with Crippen LogP contribution < -0.4 is 10.6 Å². The molecule has 0 saturated heterocycles. The fourth-order valence-corrected chi connectivity index (χ4v) is 1.64. The predicted molar refractivity (Wildman–Crippen MR) is 78.6 cm³/mol. The van der Waals surface area contributed by atoms with E-state index in [4.69, 9.17) is 16.7 Å². The van der Waals surface area contributed by atoms with Gasteiger partial charge in [-0.25, -0.2) is 0 Å². The molecule has 5 nitrogen and oxygen atoms in total. The number of carbonyl (C=O) groups excluding carboxylic acids is 2. The van der Waals surface area contributed by atoms with E-state index in [0.717, 1.165) is 0 Å². The molecule has 20 heavy (non-hydrogen) atoms. The van der Waals surface area contributed by atoms with Gasteiger partial charge in [0.2, 0.25) is 0 Å². The minimum Gasteiger partial charge on any atom is -0.396 e. The van der Waals surface area contributed by atoms with E-state index in [2.05, 4.69) is 10.6 Å². The van der Waals surface area contributed by atoms with E-state index in [9.17, 15) is 9.59 Å². The van der Waals surface area contributed by atoms with Gasteiger partial charge in [-0.1, -0.05) is 25.4 Å². The van der Waals surface area contributed by atoms with Crippen LogP contribution in [0.15, 0.2) is 24.3 Å². The van der Waals surface area contributed by atoms with Gasteiger partial charge in [-0.2, -0.15) is 0 Å². The Kier molecular flexibility index (Phi) is 5.98. The number of carbonyl (C=O) groups is 2. The number of hydrogen-bond acceptors (Lipinski definition) is 3. The molecule has 1 rings (SSSR count). The highest BCUT2D eigenvalue weighted by molar-refractivity contribution is 6.39. The molecule has 0 bridgehead atoms. The smallest absolute Gasteiger partial charge is 0.313 e. The lowest BCUT2D eigenvalue weighted by atomic mass is 9.90. The van der Waals surface area contributed by atoms with Gasteiger partial charge in [-0.05, 0) is 36.1 Å². The molecular weight excluding hydrogens is 280 g/mol. The van der Waals surface area contributed by atoms with Gasteiger partial charge < -0.3 is 15.7 Å². The largest absolute Gasteiger partial charge is 0.396 e. The zero-order chi connectivity index (χ0) is 15.2. The summed E-state index contributed by atoms with van der Waals surface area (Å²) >= 11 is 5.73. The van der Waals surface area contributed by atoms with Crippen LogP contribution in [0.2, 0.25) is 5.02 Å². The van der Waals surface area contributed by atoms with Crippen LogP contribution in [0.25, 0.3) is 0 Å². The van der Waals surface area contributed by atoms with Crippen molar-refractivity contribution < 1.29 is 14.7 Å². The first-order chi connectivity index (χ1) is 9.34. The molecular formula is C14H19ClN2O3. The van der Waals surface area contributed by atoms with Gasteiger partial charge in [0.25, 0.3) is 0 Å². The van der Waals surface area contributed by atoms with Gasteiger partial charge in [-0.15, -0.1) is 0 Å². The maximum absolute atomic E-state index is 11.7. The molecule has 0 unspecified atom stereocenters. The molecule has 0 aliphatic heterocycles. The van der Waals surface area contributed by atoms with Crippen molar-refractivity contribution in [2.75, 3.05) is 18.5 Å². The molecule has 0 saturated carbocycles. The van der Waals surface area contributed by atoms with Gasteiger partial charge in [-0.3, -0.25) is 9.59 Å². The fourth-order valence-electron chi connectivity index (χ4n) is 1.51. The van der Waals surface area contributed by atoms with Crippen molar-refractivity contribution in [3.05, 3.63) is 29.3 Å². The normalized spacial score (nSPS) is 11.0.